The van der Waals surface area contributed by atoms with Gasteiger partial charge in [-0.05, 0) is 31.5 Å². The molecule has 0 spiro atoms. The van der Waals surface area contributed by atoms with E-state index in [1.807, 2.05) is 16.6 Å². The molecule has 0 radical (unpaired) electrons. The fourth-order valence-corrected chi connectivity index (χ4v) is 2.33. The SMILES string of the molecule is CC(C)(C)c1ccc2nnc([C@@H]3CCCN3)n2n1. The second-order valence-corrected chi connectivity index (χ2v) is 5.95. The summed E-state index contributed by atoms with van der Waals surface area (Å²) in [4.78, 5) is 0. The third-order valence-electron chi connectivity index (χ3n) is 3.43. The Balaban J connectivity index is 2.10. The number of fused-ring (bicyclic) bond motifs is 1. The first kappa shape index (κ1) is 11.6. The maximum atomic E-state index is 4.70. The van der Waals surface area contributed by atoms with E-state index in [2.05, 4.69) is 36.3 Å². The fourth-order valence-electron chi connectivity index (χ4n) is 2.33. The van der Waals surface area contributed by atoms with Gasteiger partial charge in [0.1, 0.15) is 0 Å². The molecule has 0 aromatic carbocycles. The average molecular weight is 245 g/mol. The van der Waals surface area contributed by atoms with Crippen molar-refractivity contribution in [3.05, 3.63) is 23.7 Å². The van der Waals surface area contributed by atoms with Gasteiger partial charge in [-0.1, -0.05) is 20.8 Å². The van der Waals surface area contributed by atoms with E-state index in [-0.39, 0.29) is 5.41 Å². The topological polar surface area (TPSA) is 55.1 Å². The molecule has 2 aromatic rings. The molecule has 1 saturated heterocycles. The summed E-state index contributed by atoms with van der Waals surface area (Å²) in [6, 6.07) is 4.33. The molecule has 0 saturated carbocycles. The fraction of sp³-hybridized carbons (Fsp3) is 0.615. The molecule has 0 bridgehead atoms. The van der Waals surface area contributed by atoms with Crippen molar-refractivity contribution in [2.45, 2.75) is 45.1 Å². The highest BCUT2D eigenvalue weighted by molar-refractivity contribution is 5.37. The van der Waals surface area contributed by atoms with Crippen LogP contribution in [0.5, 0.6) is 0 Å². The zero-order chi connectivity index (χ0) is 12.8. The Kier molecular flexibility index (Phi) is 2.59. The number of rotatable bonds is 1. The molecule has 18 heavy (non-hydrogen) atoms. The minimum Gasteiger partial charge on any atom is -0.307 e. The normalized spacial score (nSPS) is 20.7. The monoisotopic (exact) mass is 245 g/mol. The molecule has 1 fully saturated rings. The van der Waals surface area contributed by atoms with Crippen molar-refractivity contribution >= 4 is 5.65 Å². The lowest BCUT2D eigenvalue weighted by Crippen LogP contribution is -2.19. The van der Waals surface area contributed by atoms with Gasteiger partial charge in [-0.2, -0.15) is 9.61 Å². The minimum absolute atomic E-state index is 0.0405. The zero-order valence-corrected chi connectivity index (χ0v) is 11.1. The quantitative estimate of drug-likeness (QED) is 0.833. The first-order chi connectivity index (χ1) is 8.55. The number of hydrogen-bond donors (Lipinski definition) is 1. The van der Waals surface area contributed by atoms with E-state index in [1.165, 1.54) is 6.42 Å². The third-order valence-corrected chi connectivity index (χ3v) is 3.43. The van der Waals surface area contributed by atoms with Gasteiger partial charge in [0.05, 0.1) is 11.7 Å². The summed E-state index contributed by atoms with van der Waals surface area (Å²) in [6.45, 7) is 7.55. The summed E-state index contributed by atoms with van der Waals surface area (Å²) in [5, 5.41) is 16.6. The molecule has 0 unspecified atom stereocenters. The summed E-state index contributed by atoms with van der Waals surface area (Å²) >= 11 is 0. The average Bonchev–Trinajstić information content (AvgIpc) is 2.95. The molecule has 3 heterocycles. The molecule has 1 aliphatic heterocycles. The van der Waals surface area contributed by atoms with E-state index >= 15 is 0 Å². The molecule has 5 nitrogen and oxygen atoms in total. The molecule has 1 aliphatic rings. The summed E-state index contributed by atoms with van der Waals surface area (Å²) in [6.07, 6.45) is 2.31. The van der Waals surface area contributed by atoms with Crippen LogP contribution in [0.4, 0.5) is 0 Å². The van der Waals surface area contributed by atoms with Gasteiger partial charge in [0, 0.05) is 5.41 Å². The summed E-state index contributed by atoms with van der Waals surface area (Å²) < 4.78 is 1.89. The lowest BCUT2D eigenvalue weighted by atomic mass is 9.92. The van der Waals surface area contributed by atoms with Crippen molar-refractivity contribution in [3.8, 4) is 0 Å². The predicted molar refractivity (Wildman–Crippen MR) is 69.5 cm³/mol. The van der Waals surface area contributed by atoms with Crippen LogP contribution in [0.2, 0.25) is 0 Å². The van der Waals surface area contributed by atoms with Gasteiger partial charge in [-0.15, -0.1) is 10.2 Å². The van der Waals surface area contributed by atoms with Crippen molar-refractivity contribution in [1.82, 2.24) is 25.1 Å². The second-order valence-electron chi connectivity index (χ2n) is 5.95. The predicted octanol–water partition coefficient (Wildman–Crippen LogP) is 1.85. The van der Waals surface area contributed by atoms with Crippen LogP contribution in [0.25, 0.3) is 5.65 Å². The third kappa shape index (κ3) is 1.88. The van der Waals surface area contributed by atoms with Crippen molar-refractivity contribution in [1.29, 1.82) is 0 Å². The highest BCUT2D eigenvalue weighted by Gasteiger charge is 2.23. The number of nitrogens with one attached hydrogen (secondary N) is 1. The van der Waals surface area contributed by atoms with Crippen LogP contribution in [-0.2, 0) is 5.41 Å². The Hall–Kier alpha value is -1.49. The molecular formula is C13H19N5. The van der Waals surface area contributed by atoms with Crippen LogP contribution in [0.15, 0.2) is 12.1 Å². The maximum absolute atomic E-state index is 4.70. The number of hydrogen-bond acceptors (Lipinski definition) is 4. The van der Waals surface area contributed by atoms with Gasteiger partial charge >= 0.3 is 0 Å². The van der Waals surface area contributed by atoms with Gasteiger partial charge in [0.2, 0.25) is 0 Å². The lowest BCUT2D eigenvalue weighted by molar-refractivity contribution is 0.536. The van der Waals surface area contributed by atoms with Crippen molar-refractivity contribution in [3.63, 3.8) is 0 Å². The zero-order valence-electron chi connectivity index (χ0n) is 11.1. The van der Waals surface area contributed by atoms with Gasteiger partial charge < -0.3 is 5.32 Å². The van der Waals surface area contributed by atoms with E-state index in [0.717, 1.165) is 30.1 Å². The van der Waals surface area contributed by atoms with Crippen LogP contribution >= 0.6 is 0 Å². The first-order valence-electron chi connectivity index (χ1n) is 6.52. The van der Waals surface area contributed by atoms with E-state index in [0.29, 0.717) is 6.04 Å². The highest BCUT2D eigenvalue weighted by atomic mass is 15.4. The molecule has 0 amide bonds. The highest BCUT2D eigenvalue weighted by Crippen LogP contribution is 2.24. The van der Waals surface area contributed by atoms with Crippen LogP contribution in [0, 0.1) is 0 Å². The molecule has 1 N–H and O–H groups in total. The Morgan fingerprint density at radius 2 is 2.11 bits per heavy atom. The second kappa shape index (κ2) is 4.02. The van der Waals surface area contributed by atoms with Crippen molar-refractivity contribution < 1.29 is 0 Å². The molecular weight excluding hydrogens is 226 g/mol. The van der Waals surface area contributed by atoms with Crippen LogP contribution in [-0.4, -0.2) is 26.4 Å². The van der Waals surface area contributed by atoms with E-state index in [4.69, 9.17) is 5.10 Å². The van der Waals surface area contributed by atoms with Crippen LogP contribution in [0.1, 0.15) is 51.2 Å². The Morgan fingerprint density at radius 3 is 2.78 bits per heavy atom. The summed E-state index contributed by atoms with van der Waals surface area (Å²) in [7, 11) is 0. The van der Waals surface area contributed by atoms with Gasteiger partial charge in [-0.25, -0.2) is 0 Å². The smallest absolute Gasteiger partial charge is 0.177 e. The Bertz CT molecular complexity index is 560. The van der Waals surface area contributed by atoms with Crippen LogP contribution in [0.3, 0.4) is 0 Å². The standard InChI is InChI=1S/C13H19N5/c1-13(2,3)10-6-7-11-15-16-12(18(11)17-10)9-5-4-8-14-9/h6-7,9,14H,4-5,8H2,1-3H3/t9-/m0/s1. The number of aromatic nitrogens is 4. The largest absolute Gasteiger partial charge is 0.307 e. The maximum Gasteiger partial charge on any atom is 0.177 e. The van der Waals surface area contributed by atoms with Crippen LogP contribution < -0.4 is 5.32 Å². The van der Waals surface area contributed by atoms with E-state index in [1.54, 1.807) is 0 Å². The lowest BCUT2D eigenvalue weighted by Gasteiger charge is -2.17. The molecule has 1 atom stereocenters. The van der Waals surface area contributed by atoms with Crippen molar-refractivity contribution in [2.24, 2.45) is 0 Å². The van der Waals surface area contributed by atoms with Gasteiger partial charge in [0.15, 0.2) is 11.5 Å². The Morgan fingerprint density at radius 1 is 1.28 bits per heavy atom. The molecule has 2 aromatic heterocycles. The van der Waals surface area contributed by atoms with Gasteiger partial charge in [0.25, 0.3) is 0 Å². The molecule has 5 heteroatoms. The van der Waals surface area contributed by atoms with Crippen molar-refractivity contribution in [2.75, 3.05) is 6.54 Å². The first-order valence-corrected chi connectivity index (χ1v) is 6.52. The molecule has 0 aliphatic carbocycles. The van der Waals surface area contributed by atoms with E-state index < -0.39 is 0 Å². The molecule has 96 valence electrons. The Labute approximate surface area is 107 Å². The van der Waals surface area contributed by atoms with E-state index in [9.17, 15) is 0 Å². The minimum atomic E-state index is 0.0405. The summed E-state index contributed by atoms with van der Waals surface area (Å²) in [5.41, 5.74) is 1.93. The summed E-state index contributed by atoms with van der Waals surface area (Å²) in [5.74, 6) is 0.939. The van der Waals surface area contributed by atoms with Gasteiger partial charge in [-0.3, -0.25) is 0 Å². The molecule has 3 rings (SSSR count). The number of nitrogens with zero attached hydrogens (tertiary/aromatic N) is 4.